The molecule has 23 heavy (non-hydrogen) atoms. The van der Waals surface area contributed by atoms with Crippen LogP contribution in [0.2, 0.25) is 0 Å². The Kier molecular flexibility index (Phi) is 3.78. The zero-order valence-corrected chi connectivity index (χ0v) is 13.1. The van der Waals surface area contributed by atoms with Crippen LogP contribution in [0.3, 0.4) is 0 Å². The van der Waals surface area contributed by atoms with E-state index in [4.69, 9.17) is 4.74 Å². The number of ether oxygens (including phenoxy) is 1. The molecule has 1 atom stereocenters. The van der Waals surface area contributed by atoms with Gasteiger partial charge in [0.2, 0.25) is 0 Å². The predicted octanol–water partition coefficient (Wildman–Crippen LogP) is 2.98. The highest BCUT2D eigenvalue weighted by molar-refractivity contribution is 6.19. The van der Waals surface area contributed by atoms with Crippen molar-refractivity contribution in [3.05, 3.63) is 54.1 Å². The highest BCUT2D eigenvalue weighted by Gasteiger charge is 2.47. The molecule has 0 radical (unpaired) electrons. The monoisotopic (exact) mass is 310 g/mol. The first-order chi connectivity index (χ1) is 11.0. The third kappa shape index (κ3) is 2.65. The number of amides is 2. The van der Waals surface area contributed by atoms with Gasteiger partial charge in [0.15, 0.2) is 0 Å². The normalized spacial score (nSPS) is 19.3. The maximum Gasteiger partial charge on any atom is 0.278 e. The molecular weight excluding hydrogens is 292 g/mol. The van der Waals surface area contributed by atoms with Crippen molar-refractivity contribution in [1.29, 1.82) is 0 Å². The number of rotatable bonds is 3. The topological polar surface area (TPSA) is 67.4 Å². The molecule has 0 saturated heterocycles. The second-order valence-electron chi connectivity index (χ2n) is 5.55. The Bertz CT molecular complexity index is 772. The standard InChI is InChI=1S/C18H18N2O3/c1-3-12-8-4-5-9-13(12)19-16(21)18(2)17(22)20-14-10-6-7-11-15(14)23-18/h4-11H,3H2,1-2H3,(H,19,21)(H,20,22). The molecular formula is C18H18N2O3. The van der Waals surface area contributed by atoms with Gasteiger partial charge in [0.1, 0.15) is 5.75 Å². The van der Waals surface area contributed by atoms with E-state index in [0.29, 0.717) is 17.1 Å². The fourth-order valence-electron chi connectivity index (χ4n) is 2.51. The van der Waals surface area contributed by atoms with Crippen molar-refractivity contribution in [3.63, 3.8) is 0 Å². The summed E-state index contributed by atoms with van der Waals surface area (Å²) < 4.78 is 5.72. The van der Waals surface area contributed by atoms with Crippen LogP contribution in [0.4, 0.5) is 11.4 Å². The van der Waals surface area contributed by atoms with E-state index in [2.05, 4.69) is 10.6 Å². The van der Waals surface area contributed by atoms with Crippen molar-refractivity contribution in [3.8, 4) is 5.75 Å². The molecule has 2 N–H and O–H groups in total. The number of hydrogen-bond donors (Lipinski definition) is 2. The molecule has 3 rings (SSSR count). The fraction of sp³-hybridized carbons (Fsp3) is 0.222. The molecule has 0 saturated carbocycles. The average molecular weight is 310 g/mol. The summed E-state index contributed by atoms with van der Waals surface area (Å²) in [4.78, 5) is 25.0. The number of nitrogens with one attached hydrogen (secondary N) is 2. The van der Waals surface area contributed by atoms with Crippen LogP contribution in [0.5, 0.6) is 5.75 Å². The SMILES string of the molecule is CCc1ccccc1NC(=O)C1(C)Oc2ccccc2NC1=O. The Morgan fingerprint density at radius 2 is 1.87 bits per heavy atom. The molecule has 5 nitrogen and oxygen atoms in total. The first-order valence-corrected chi connectivity index (χ1v) is 7.53. The van der Waals surface area contributed by atoms with Crippen molar-refractivity contribution in [2.24, 2.45) is 0 Å². The van der Waals surface area contributed by atoms with Crippen molar-refractivity contribution >= 4 is 23.2 Å². The van der Waals surface area contributed by atoms with Gasteiger partial charge in [-0.3, -0.25) is 9.59 Å². The number of benzene rings is 2. The van der Waals surface area contributed by atoms with Crippen molar-refractivity contribution in [2.45, 2.75) is 25.9 Å². The van der Waals surface area contributed by atoms with Crippen LogP contribution in [-0.4, -0.2) is 17.4 Å². The summed E-state index contributed by atoms with van der Waals surface area (Å²) in [6, 6.07) is 14.6. The summed E-state index contributed by atoms with van der Waals surface area (Å²) in [5.74, 6) is -0.499. The van der Waals surface area contributed by atoms with E-state index >= 15 is 0 Å². The second kappa shape index (κ2) is 5.76. The Labute approximate surface area is 134 Å². The van der Waals surface area contributed by atoms with Gasteiger partial charge in [-0.2, -0.15) is 0 Å². The quantitative estimate of drug-likeness (QED) is 0.856. The van der Waals surface area contributed by atoms with Gasteiger partial charge in [0.25, 0.3) is 17.4 Å². The molecule has 2 aromatic rings. The molecule has 2 amide bonds. The third-order valence-electron chi connectivity index (χ3n) is 3.96. The maximum atomic E-state index is 12.7. The summed E-state index contributed by atoms with van der Waals surface area (Å²) in [7, 11) is 0. The van der Waals surface area contributed by atoms with Gasteiger partial charge in [0, 0.05) is 5.69 Å². The molecule has 1 heterocycles. The molecule has 118 valence electrons. The van der Waals surface area contributed by atoms with Gasteiger partial charge < -0.3 is 15.4 Å². The van der Waals surface area contributed by atoms with E-state index in [1.807, 2.05) is 31.2 Å². The van der Waals surface area contributed by atoms with Gasteiger partial charge in [-0.15, -0.1) is 0 Å². The van der Waals surface area contributed by atoms with E-state index in [0.717, 1.165) is 12.0 Å². The number of para-hydroxylation sites is 3. The Morgan fingerprint density at radius 3 is 2.65 bits per heavy atom. The lowest BCUT2D eigenvalue weighted by atomic mass is 10.0. The van der Waals surface area contributed by atoms with Gasteiger partial charge in [-0.05, 0) is 37.1 Å². The van der Waals surface area contributed by atoms with Crippen LogP contribution in [0.1, 0.15) is 19.4 Å². The zero-order chi connectivity index (χ0) is 16.4. The van der Waals surface area contributed by atoms with Gasteiger partial charge >= 0.3 is 0 Å². The first-order valence-electron chi connectivity index (χ1n) is 7.53. The highest BCUT2D eigenvalue weighted by atomic mass is 16.5. The molecule has 0 spiro atoms. The number of aryl methyl sites for hydroxylation is 1. The smallest absolute Gasteiger partial charge is 0.278 e. The average Bonchev–Trinajstić information content (AvgIpc) is 2.56. The molecule has 0 fully saturated rings. The molecule has 5 heteroatoms. The molecule has 1 aliphatic heterocycles. The minimum absolute atomic E-state index is 0.480. The number of carbonyl (C=O) groups is 2. The van der Waals surface area contributed by atoms with Crippen molar-refractivity contribution < 1.29 is 14.3 Å². The molecule has 0 bridgehead atoms. The van der Waals surface area contributed by atoms with E-state index in [-0.39, 0.29) is 0 Å². The minimum atomic E-state index is -1.62. The van der Waals surface area contributed by atoms with Crippen LogP contribution in [0.25, 0.3) is 0 Å². The van der Waals surface area contributed by atoms with E-state index in [1.54, 1.807) is 24.3 Å². The molecule has 1 aliphatic rings. The number of fused-ring (bicyclic) bond motifs is 1. The van der Waals surface area contributed by atoms with Crippen LogP contribution < -0.4 is 15.4 Å². The summed E-state index contributed by atoms with van der Waals surface area (Å²) in [5.41, 5.74) is 0.643. The highest BCUT2D eigenvalue weighted by Crippen LogP contribution is 2.34. The number of anilines is 2. The van der Waals surface area contributed by atoms with Crippen molar-refractivity contribution in [2.75, 3.05) is 10.6 Å². The van der Waals surface area contributed by atoms with Crippen LogP contribution in [-0.2, 0) is 16.0 Å². The zero-order valence-electron chi connectivity index (χ0n) is 13.1. The summed E-state index contributed by atoms with van der Waals surface area (Å²) >= 11 is 0. The van der Waals surface area contributed by atoms with E-state index in [9.17, 15) is 9.59 Å². The Morgan fingerprint density at radius 1 is 1.17 bits per heavy atom. The third-order valence-corrected chi connectivity index (χ3v) is 3.96. The Hall–Kier alpha value is -2.82. The summed E-state index contributed by atoms with van der Waals surface area (Å²) in [5, 5.41) is 5.53. The lowest BCUT2D eigenvalue weighted by Gasteiger charge is -2.33. The van der Waals surface area contributed by atoms with E-state index < -0.39 is 17.4 Å². The predicted molar refractivity (Wildman–Crippen MR) is 88.6 cm³/mol. The minimum Gasteiger partial charge on any atom is -0.466 e. The van der Waals surface area contributed by atoms with Crippen LogP contribution in [0.15, 0.2) is 48.5 Å². The van der Waals surface area contributed by atoms with Gasteiger partial charge in [-0.25, -0.2) is 0 Å². The van der Waals surface area contributed by atoms with Gasteiger partial charge in [0.05, 0.1) is 5.69 Å². The summed E-state index contributed by atoms with van der Waals surface area (Å²) in [6.07, 6.45) is 0.781. The lowest BCUT2D eigenvalue weighted by molar-refractivity contribution is -0.143. The lowest BCUT2D eigenvalue weighted by Crippen LogP contribution is -2.56. The maximum absolute atomic E-state index is 12.7. The fourth-order valence-corrected chi connectivity index (χ4v) is 2.51. The molecule has 0 aromatic heterocycles. The van der Waals surface area contributed by atoms with E-state index in [1.165, 1.54) is 6.92 Å². The molecule has 2 aromatic carbocycles. The summed E-state index contributed by atoms with van der Waals surface area (Å²) in [6.45, 7) is 3.48. The van der Waals surface area contributed by atoms with Crippen LogP contribution in [0, 0.1) is 0 Å². The van der Waals surface area contributed by atoms with Crippen LogP contribution >= 0.6 is 0 Å². The molecule has 0 aliphatic carbocycles. The largest absolute Gasteiger partial charge is 0.466 e. The number of hydrogen-bond acceptors (Lipinski definition) is 3. The number of carbonyl (C=O) groups excluding carboxylic acids is 2. The van der Waals surface area contributed by atoms with Crippen molar-refractivity contribution in [1.82, 2.24) is 0 Å². The molecule has 1 unspecified atom stereocenters. The first kappa shape index (κ1) is 15.1. The van der Waals surface area contributed by atoms with Gasteiger partial charge in [-0.1, -0.05) is 37.3 Å². The second-order valence-corrected chi connectivity index (χ2v) is 5.55. The Balaban J connectivity index is 1.88.